The third-order valence-corrected chi connectivity index (χ3v) is 14.6. The van der Waals surface area contributed by atoms with E-state index in [2.05, 4.69) is 76.3 Å². The molecule has 0 bridgehead atoms. The van der Waals surface area contributed by atoms with Gasteiger partial charge in [0, 0.05) is 23.9 Å². The molecular weight excluding hydrogens is 1190 g/mol. The Kier molecular flexibility index (Phi) is 90.5. The van der Waals surface area contributed by atoms with E-state index in [0.717, 1.165) is 77.0 Å². The fourth-order valence-electron chi connectivity index (χ4n) is 9.36. The summed E-state index contributed by atoms with van der Waals surface area (Å²) in [6.07, 6.45) is 83.6. The van der Waals surface area contributed by atoms with Crippen molar-refractivity contribution in [3.63, 3.8) is 0 Å². The smallest absolute Gasteiger partial charge is 0.550 e. The molecule has 0 heterocycles. The molecule has 0 N–H and O–H groups in total. The predicted molar refractivity (Wildman–Crippen MR) is 338 cm³/mol. The van der Waals surface area contributed by atoms with Crippen LogP contribution in [-0.2, 0) is 40.2 Å². The van der Waals surface area contributed by atoms with E-state index in [4.69, 9.17) is 0 Å². The second kappa shape index (κ2) is 84.0. The summed E-state index contributed by atoms with van der Waals surface area (Å²) in [5, 5.41) is 40.9. The normalized spacial score (nSPS) is 11.1. The number of hydrogen-bond acceptors (Lipinski definition) is 8. The van der Waals surface area contributed by atoms with E-state index in [1.807, 2.05) is 0 Å². The van der Waals surface area contributed by atoms with Gasteiger partial charge >= 0.3 is 21.1 Å². The van der Waals surface area contributed by atoms with Gasteiger partial charge in [-0.25, -0.2) is 0 Å². The fourth-order valence-corrected chi connectivity index (χ4v) is 9.36. The Labute approximate surface area is 517 Å². The average Bonchev–Trinajstić information content (AvgIpc) is 3.43. The Bertz CT molecular complexity index is 1140. The predicted octanol–water partition coefficient (Wildman–Crippen LogP) is 19.1. The molecule has 0 saturated carbocycles. The number of rotatable bonds is 60. The van der Waals surface area contributed by atoms with E-state index in [0.29, 0.717) is 0 Å². The summed E-state index contributed by atoms with van der Waals surface area (Å²) in [4.78, 5) is 40.9. The summed E-state index contributed by atoms with van der Waals surface area (Å²) in [5.41, 5.74) is 0. The van der Waals surface area contributed by atoms with Gasteiger partial charge in [0.2, 0.25) is 0 Å². The van der Waals surface area contributed by atoms with Crippen molar-refractivity contribution in [2.75, 3.05) is 0 Å². The zero-order valence-electron chi connectivity index (χ0n) is 53.8. The van der Waals surface area contributed by atoms with Crippen LogP contribution >= 0.6 is 0 Å². The molecule has 0 rings (SSSR count). The number of carboxylic acid groups (broad SMARTS) is 4. The molecule has 0 spiro atoms. The zero-order valence-corrected chi connectivity index (χ0v) is 56.1. The van der Waals surface area contributed by atoms with Crippen molar-refractivity contribution in [1.82, 2.24) is 0 Å². The number of aliphatic carboxylic acids is 4. The number of allylic oxidation sites excluding steroid dienone is 8. The quantitative estimate of drug-likeness (QED) is 0.0430. The maximum absolute atomic E-state index is 10.2. The van der Waals surface area contributed by atoms with Crippen molar-refractivity contribution >= 4 is 23.9 Å². The Morgan fingerprint density at radius 1 is 0.198 bits per heavy atom. The van der Waals surface area contributed by atoms with Gasteiger partial charge in [0.1, 0.15) is 0 Å². The van der Waals surface area contributed by atoms with Gasteiger partial charge in [-0.15, -0.1) is 0 Å². The molecular formula is C72H132O8Pt. The Morgan fingerprint density at radius 3 is 0.432 bits per heavy atom. The standard InChI is InChI=1S/4C18H34O2.Pt/c4*1-2-3-4-5-6-7-8-9-10-11-12-13-14-15-16-17-18(19)20;/h4*9-10H,2-8,11-17H2,1H3,(H,19,20);/q;;;;+4/p-4. The number of carboxylic acids is 4. The van der Waals surface area contributed by atoms with Crippen molar-refractivity contribution in [2.24, 2.45) is 0 Å². The number of carbonyl (C=O) groups is 4. The van der Waals surface area contributed by atoms with E-state index in [1.54, 1.807) is 0 Å². The second-order valence-corrected chi connectivity index (χ2v) is 22.8. The first-order valence-corrected chi connectivity index (χ1v) is 34.5. The SMILES string of the molecule is CCCCCCCCC=CCCCCCCCC(=O)[O-].CCCCCCCCC=CCCCCCCCC(=O)[O-].CCCCCCCCC=CCCCCCCCC(=O)[O-].CCCCCCCCC=CCCCCCCCC(=O)[O-].[Pt+4]. The summed E-state index contributed by atoms with van der Waals surface area (Å²) in [6.45, 7) is 9.02. The van der Waals surface area contributed by atoms with Crippen molar-refractivity contribution in [1.29, 1.82) is 0 Å². The molecule has 0 aromatic heterocycles. The van der Waals surface area contributed by atoms with Gasteiger partial charge in [-0.2, -0.15) is 0 Å². The minimum absolute atomic E-state index is 0. The van der Waals surface area contributed by atoms with Gasteiger partial charge in [-0.05, 0) is 154 Å². The number of unbranched alkanes of at least 4 members (excludes halogenated alkanes) is 44. The monoisotopic (exact) mass is 1320 g/mol. The van der Waals surface area contributed by atoms with Gasteiger partial charge in [-0.1, -0.05) is 282 Å². The molecule has 0 unspecified atom stereocenters. The molecule has 81 heavy (non-hydrogen) atoms. The van der Waals surface area contributed by atoms with Crippen LogP contribution in [0.1, 0.15) is 387 Å². The maximum Gasteiger partial charge on any atom is 4.00 e. The minimum atomic E-state index is -0.914. The van der Waals surface area contributed by atoms with Crippen molar-refractivity contribution in [3.8, 4) is 0 Å². The van der Waals surface area contributed by atoms with Crippen molar-refractivity contribution in [3.05, 3.63) is 48.6 Å². The number of carbonyl (C=O) groups excluding carboxylic acids is 4. The van der Waals surface area contributed by atoms with Crippen molar-refractivity contribution in [2.45, 2.75) is 387 Å². The van der Waals surface area contributed by atoms with Crippen LogP contribution in [0.2, 0.25) is 0 Å². The molecule has 0 aromatic carbocycles. The van der Waals surface area contributed by atoms with E-state index >= 15 is 0 Å². The van der Waals surface area contributed by atoms with Crippen LogP contribution in [0.15, 0.2) is 48.6 Å². The van der Waals surface area contributed by atoms with Gasteiger partial charge in [0.25, 0.3) is 0 Å². The van der Waals surface area contributed by atoms with Crippen LogP contribution in [0.25, 0.3) is 0 Å². The van der Waals surface area contributed by atoms with Crippen molar-refractivity contribution < 1.29 is 60.7 Å². The fraction of sp³-hybridized carbons (Fsp3) is 0.833. The molecule has 0 fully saturated rings. The van der Waals surface area contributed by atoms with E-state index in [1.165, 1.54) is 257 Å². The van der Waals surface area contributed by atoms with Crippen LogP contribution in [0.5, 0.6) is 0 Å². The summed E-state index contributed by atoms with van der Waals surface area (Å²) in [5.74, 6) is -3.66. The molecule has 0 aliphatic rings. The summed E-state index contributed by atoms with van der Waals surface area (Å²) >= 11 is 0. The maximum atomic E-state index is 10.2. The third kappa shape index (κ3) is 103. The molecule has 9 heteroatoms. The molecule has 0 saturated heterocycles. The van der Waals surface area contributed by atoms with Crippen LogP contribution in [0.3, 0.4) is 0 Å². The van der Waals surface area contributed by atoms with Gasteiger partial charge in [0.15, 0.2) is 0 Å². The molecule has 8 nitrogen and oxygen atoms in total. The van der Waals surface area contributed by atoms with E-state index in [9.17, 15) is 39.6 Å². The molecule has 0 atom stereocenters. The topological polar surface area (TPSA) is 161 Å². The van der Waals surface area contributed by atoms with Crippen LogP contribution < -0.4 is 20.4 Å². The molecule has 0 aliphatic carbocycles. The first-order valence-electron chi connectivity index (χ1n) is 34.5. The summed E-state index contributed by atoms with van der Waals surface area (Å²) in [7, 11) is 0. The molecule has 0 radical (unpaired) electrons. The Balaban J connectivity index is -0.000000316. The molecule has 0 amide bonds. The summed E-state index contributed by atoms with van der Waals surface area (Å²) < 4.78 is 0. The molecule has 0 aliphatic heterocycles. The average molecular weight is 1320 g/mol. The number of hydrogen-bond donors (Lipinski definition) is 0. The third-order valence-electron chi connectivity index (χ3n) is 14.6. The van der Waals surface area contributed by atoms with Crippen LogP contribution in [0, 0.1) is 0 Å². The zero-order chi connectivity index (χ0) is 59.6. The minimum Gasteiger partial charge on any atom is -0.550 e. The van der Waals surface area contributed by atoms with Gasteiger partial charge < -0.3 is 39.6 Å². The van der Waals surface area contributed by atoms with E-state index < -0.39 is 23.9 Å². The van der Waals surface area contributed by atoms with E-state index in [-0.39, 0.29) is 46.7 Å². The second-order valence-electron chi connectivity index (χ2n) is 22.8. The van der Waals surface area contributed by atoms with Crippen LogP contribution in [-0.4, -0.2) is 23.9 Å². The Morgan fingerprint density at radius 2 is 0.309 bits per heavy atom. The molecule has 0 aromatic rings. The molecule has 478 valence electrons. The van der Waals surface area contributed by atoms with Crippen LogP contribution in [0.4, 0.5) is 0 Å². The largest absolute Gasteiger partial charge is 4.00 e. The first-order chi connectivity index (χ1) is 39.1. The van der Waals surface area contributed by atoms with Gasteiger partial charge in [-0.3, -0.25) is 0 Å². The Hall–Kier alpha value is -2.47. The van der Waals surface area contributed by atoms with Gasteiger partial charge in [0.05, 0.1) is 0 Å². The summed E-state index contributed by atoms with van der Waals surface area (Å²) in [6, 6.07) is 0. The first kappa shape index (κ1) is 87.3.